The van der Waals surface area contributed by atoms with Crippen LogP contribution in [0.15, 0.2) is 54.6 Å². The molecule has 0 aromatic heterocycles. The highest BCUT2D eigenvalue weighted by Crippen LogP contribution is 2.15. The average molecular weight is 293 g/mol. The highest BCUT2D eigenvalue weighted by Gasteiger charge is 2.06. The Bertz CT molecular complexity index is 532. The predicted octanol–water partition coefficient (Wildman–Crippen LogP) is 3.11. The molecule has 0 amide bonds. The molecule has 0 aliphatic rings. The van der Waals surface area contributed by atoms with Gasteiger partial charge < -0.3 is 15.2 Å². The van der Waals surface area contributed by atoms with Gasteiger partial charge in [0.1, 0.15) is 5.75 Å². The summed E-state index contributed by atoms with van der Waals surface area (Å²) in [5.74, 6) is 0.137. The van der Waals surface area contributed by atoms with Crippen LogP contribution in [0, 0.1) is 0 Å². The van der Waals surface area contributed by atoms with Gasteiger partial charge in [-0.15, -0.1) is 0 Å². The zero-order chi connectivity index (χ0) is 15.1. The van der Waals surface area contributed by atoms with Gasteiger partial charge in [-0.25, -0.2) is 0 Å². The maximum Gasteiger partial charge on any atom is 0.387 e. The van der Waals surface area contributed by atoms with Crippen molar-refractivity contribution in [2.45, 2.75) is 19.3 Å². The molecule has 0 saturated heterocycles. The van der Waals surface area contributed by atoms with Crippen LogP contribution in [0.25, 0.3) is 0 Å². The van der Waals surface area contributed by atoms with Crippen LogP contribution in [0.1, 0.15) is 17.2 Å². The minimum Gasteiger partial charge on any atom is -0.435 e. The van der Waals surface area contributed by atoms with Crippen LogP contribution in [0.5, 0.6) is 5.75 Å². The number of nitrogens with one attached hydrogen (secondary N) is 1. The standard InChI is InChI=1S/C16H17F2NO2/c17-16(18)21-14-8-6-12(7-9-14)10-19-11-15(20)13-4-2-1-3-5-13/h1-9,15-16,19-20H,10-11H2. The first kappa shape index (κ1) is 15.4. The smallest absolute Gasteiger partial charge is 0.387 e. The van der Waals surface area contributed by atoms with Crippen LogP contribution >= 0.6 is 0 Å². The highest BCUT2D eigenvalue weighted by atomic mass is 19.3. The Morgan fingerprint density at radius 1 is 1.00 bits per heavy atom. The van der Waals surface area contributed by atoms with Crippen LogP contribution in [0.4, 0.5) is 8.78 Å². The molecule has 0 bridgehead atoms. The molecular weight excluding hydrogens is 276 g/mol. The molecule has 21 heavy (non-hydrogen) atoms. The van der Waals surface area contributed by atoms with E-state index in [1.807, 2.05) is 30.3 Å². The Hall–Kier alpha value is -1.98. The number of hydrogen-bond acceptors (Lipinski definition) is 3. The molecule has 0 aliphatic heterocycles. The van der Waals surface area contributed by atoms with E-state index in [0.29, 0.717) is 13.1 Å². The van der Waals surface area contributed by atoms with Crippen molar-refractivity contribution < 1.29 is 18.6 Å². The van der Waals surface area contributed by atoms with Gasteiger partial charge in [-0.2, -0.15) is 8.78 Å². The molecule has 2 aromatic carbocycles. The van der Waals surface area contributed by atoms with E-state index >= 15 is 0 Å². The van der Waals surface area contributed by atoms with E-state index in [-0.39, 0.29) is 5.75 Å². The summed E-state index contributed by atoms with van der Waals surface area (Å²) in [6.07, 6.45) is -0.576. The normalized spacial score (nSPS) is 12.4. The molecule has 0 saturated carbocycles. The van der Waals surface area contributed by atoms with Crippen molar-refractivity contribution in [1.29, 1.82) is 0 Å². The monoisotopic (exact) mass is 293 g/mol. The summed E-state index contributed by atoms with van der Waals surface area (Å²) in [6.45, 7) is -1.85. The molecule has 0 spiro atoms. The first-order valence-corrected chi connectivity index (χ1v) is 6.62. The molecule has 1 atom stereocenters. The van der Waals surface area contributed by atoms with Gasteiger partial charge in [-0.1, -0.05) is 42.5 Å². The van der Waals surface area contributed by atoms with Crippen LogP contribution in [0.3, 0.4) is 0 Å². The predicted molar refractivity (Wildman–Crippen MR) is 76.2 cm³/mol. The minimum atomic E-state index is -2.81. The van der Waals surface area contributed by atoms with Gasteiger partial charge in [0, 0.05) is 13.1 Å². The van der Waals surface area contributed by atoms with Crippen molar-refractivity contribution in [2.24, 2.45) is 0 Å². The topological polar surface area (TPSA) is 41.5 Å². The highest BCUT2D eigenvalue weighted by molar-refractivity contribution is 5.27. The number of aliphatic hydroxyl groups excluding tert-OH is 1. The van der Waals surface area contributed by atoms with Gasteiger partial charge in [0.2, 0.25) is 0 Å². The number of ether oxygens (including phenoxy) is 1. The number of rotatable bonds is 7. The lowest BCUT2D eigenvalue weighted by molar-refractivity contribution is -0.0498. The van der Waals surface area contributed by atoms with Crippen molar-refractivity contribution in [2.75, 3.05) is 6.54 Å². The number of hydrogen-bond donors (Lipinski definition) is 2. The fourth-order valence-electron chi connectivity index (χ4n) is 1.94. The Labute approximate surface area is 122 Å². The van der Waals surface area contributed by atoms with Gasteiger partial charge in [-0.05, 0) is 23.3 Å². The molecule has 1 unspecified atom stereocenters. The number of alkyl halides is 2. The zero-order valence-corrected chi connectivity index (χ0v) is 11.4. The Kier molecular flexibility index (Phi) is 5.66. The van der Waals surface area contributed by atoms with Crippen LogP contribution in [-0.2, 0) is 6.54 Å². The molecule has 2 aromatic rings. The third-order valence-electron chi connectivity index (χ3n) is 3.00. The summed E-state index contributed by atoms with van der Waals surface area (Å²) in [5.41, 5.74) is 1.78. The van der Waals surface area contributed by atoms with E-state index in [9.17, 15) is 13.9 Å². The lowest BCUT2D eigenvalue weighted by atomic mass is 10.1. The number of aliphatic hydroxyl groups is 1. The first-order chi connectivity index (χ1) is 10.1. The van der Waals surface area contributed by atoms with Gasteiger partial charge in [0.25, 0.3) is 0 Å². The van der Waals surface area contributed by atoms with Gasteiger partial charge in [0.15, 0.2) is 0 Å². The van der Waals surface area contributed by atoms with Gasteiger partial charge >= 0.3 is 6.61 Å². The minimum absolute atomic E-state index is 0.137. The first-order valence-electron chi connectivity index (χ1n) is 6.62. The van der Waals surface area contributed by atoms with Gasteiger partial charge in [0.05, 0.1) is 6.10 Å². The van der Waals surface area contributed by atoms with Crippen molar-refractivity contribution >= 4 is 0 Å². The van der Waals surface area contributed by atoms with E-state index in [4.69, 9.17) is 0 Å². The lowest BCUT2D eigenvalue weighted by Gasteiger charge is -2.12. The molecule has 2 rings (SSSR count). The Morgan fingerprint density at radius 3 is 2.29 bits per heavy atom. The third kappa shape index (κ3) is 5.13. The summed E-state index contributed by atoms with van der Waals surface area (Å²) in [4.78, 5) is 0. The molecule has 0 heterocycles. The van der Waals surface area contributed by atoms with Crippen molar-refractivity contribution in [1.82, 2.24) is 5.32 Å². The van der Waals surface area contributed by atoms with Crippen molar-refractivity contribution in [3.63, 3.8) is 0 Å². The summed E-state index contributed by atoms with van der Waals surface area (Å²) in [5, 5.41) is 13.1. The summed E-state index contributed by atoms with van der Waals surface area (Å²) in [6, 6.07) is 15.8. The number of halogens is 2. The fourth-order valence-corrected chi connectivity index (χ4v) is 1.94. The van der Waals surface area contributed by atoms with E-state index in [0.717, 1.165) is 11.1 Å². The van der Waals surface area contributed by atoms with Crippen LogP contribution < -0.4 is 10.1 Å². The second kappa shape index (κ2) is 7.71. The van der Waals surface area contributed by atoms with E-state index in [1.54, 1.807) is 12.1 Å². The molecule has 0 fully saturated rings. The summed E-state index contributed by atoms with van der Waals surface area (Å²) in [7, 11) is 0. The van der Waals surface area contributed by atoms with Crippen molar-refractivity contribution in [3.8, 4) is 5.75 Å². The quantitative estimate of drug-likeness (QED) is 0.824. The lowest BCUT2D eigenvalue weighted by Crippen LogP contribution is -2.21. The van der Waals surface area contributed by atoms with E-state index in [2.05, 4.69) is 10.1 Å². The SMILES string of the molecule is OC(CNCc1ccc(OC(F)F)cc1)c1ccccc1. The maximum absolute atomic E-state index is 12.0. The maximum atomic E-state index is 12.0. The van der Waals surface area contributed by atoms with Gasteiger partial charge in [-0.3, -0.25) is 0 Å². The Morgan fingerprint density at radius 2 is 1.67 bits per heavy atom. The molecule has 2 N–H and O–H groups in total. The zero-order valence-electron chi connectivity index (χ0n) is 11.4. The molecule has 112 valence electrons. The van der Waals surface area contributed by atoms with Crippen LogP contribution in [-0.4, -0.2) is 18.3 Å². The number of benzene rings is 2. The average Bonchev–Trinajstić information content (AvgIpc) is 2.49. The molecular formula is C16H17F2NO2. The summed E-state index contributed by atoms with van der Waals surface area (Å²) < 4.78 is 28.3. The molecule has 0 aliphatic carbocycles. The molecule has 5 heteroatoms. The summed E-state index contributed by atoms with van der Waals surface area (Å²) >= 11 is 0. The second-order valence-electron chi connectivity index (χ2n) is 4.58. The fraction of sp³-hybridized carbons (Fsp3) is 0.250. The third-order valence-corrected chi connectivity index (χ3v) is 3.00. The second-order valence-corrected chi connectivity index (χ2v) is 4.58. The van der Waals surface area contributed by atoms with E-state index in [1.165, 1.54) is 12.1 Å². The molecule has 0 radical (unpaired) electrons. The largest absolute Gasteiger partial charge is 0.435 e. The van der Waals surface area contributed by atoms with E-state index < -0.39 is 12.7 Å². The van der Waals surface area contributed by atoms with Crippen LogP contribution in [0.2, 0.25) is 0 Å². The van der Waals surface area contributed by atoms with Crippen molar-refractivity contribution in [3.05, 3.63) is 65.7 Å². The Balaban J connectivity index is 1.78. The molecule has 3 nitrogen and oxygen atoms in total.